The molecule has 0 spiro atoms. The maximum absolute atomic E-state index is 11.4. The Balaban J connectivity index is 3.12. The van der Waals surface area contributed by atoms with Crippen molar-refractivity contribution in [2.45, 2.75) is 49.6 Å². The zero-order valence-electron chi connectivity index (χ0n) is 13.2. The summed E-state index contributed by atoms with van der Waals surface area (Å²) in [5.74, 6) is -4.17. The summed E-state index contributed by atoms with van der Waals surface area (Å²) in [6.07, 6.45) is -6.07. The molecule has 0 aromatic heterocycles. The Kier molecular flexibility index (Phi) is 6.86. The summed E-state index contributed by atoms with van der Waals surface area (Å²) in [5, 5.41) is 44.8. The number of carboxylic acids is 1. The number of hydrogen-bond donors (Lipinski definition) is 6. The highest BCUT2D eigenvalue weighted by atomic mass is 16.7. The highest BCUT2D eigenvalue weighted by molar-refractivity contribution is 5.76. The van der Waals surface area contributed by atoms with Crippen molar-refractivity contribution in [3.63, 3.8) is 0 Å². The number of amides is 1. The molecule has 2 unspecified atom stereocenters. The third kappa shape index (κ3) is 4.37. The molecular weight excluding hydrogens is 312 g/mol. The highest BCUT2D eigenvalue weighted by Gasteiger charge is 2.55. The summed E-state index contributed by atoms with van der Waals surface area (Å²) >= 11 is 0. The van der Waals surface area contributed by atoms with E-state index >= 15 is 0 Å². The summed E-state index contributed by atoms with van der Waals surface area (Å²) in [6.45, 7) is 1.20. The van der Waals surface area contributed by atoms with Crippen molar-refractivity contribution in [3.05, 3.63) is 0 Å². The topological polar surface area (TPSA) is 158 Å². The first-order valence-corrected chi connectivity index (χ1v) is 7.10. The van der Waals surface area contributed by atoms with Gasteiger partial charge in [-0.05, 0) is 7.05 Å². The fourth-order valence-corrected chi connectivity index (χ4v) is 2.56. The molecule has 134 valence electrons. The predicted octanol–water partition coefficient (Wildman–Crippen LogP) is -2.99. The SMILES string of the molecule is CNC[C@@H](O)C(O)C1O[C@@](OC)(C(=O)O)C[C@@H](O)[C@H]1NC(C)=O. The van der Waals surface area contributed by atoms with Gasteiger partial charge in [-0.3, -0.25) is 4.79 Å². The molecule has 6 atom stereocenters. The van der Waals surface area contributed by atoms with Gasteiger partial charge in [-0.2, -0.15) is 0 Å². The number of ether oxygens (including phenoxy) is 2. The van der Waals surface area contributed by atoms with Crippen LogP contribution in [-0.4, -0.2) is 89.2 Å². The van der Waals surface area contributed by atoms with E-state index in [1.54, 1.807) is 7.05 Å². The normalized spacial score (nSPS) is 33.7. The molecule has 0 radical (unpaired) electrons. The number of nitrogens with one attached hydrogen (secondary N) is 2. The smallest absolute Gasteiger partial charge is 0.364 e. The van der Waals surface area contributed by atoms with E-state index in [9.17, 15) is 30.0 Å². The van der Waals surface area contributed by atoms with Crippen LogP contribution in [0.3, 0.4) is 0 Å². The number of aliphatic hydroxyl groups is 3. The van der Waals surface area contributed by atoms with Gasteiger partial charge in [-0.15, -0.1) is 0 Å². The first-order valence-electron chi connectivity index (χ1n) is 7.10. The van der Waals surface area contributed by atoms with Crippen molar-refractivity contribution < 1.29 is 39.5 Å². The Hall–Kier alpha value is -1.30. The van der Waals surface area contributed by atoms with Gasteiger partial charge < -0.3 is 40.5 Å². The Labute approximate surface area is 133 Å². The van der Waals surface area contributed by atoms with Crippen molar-refractivity contribution in [1.29, 1.82) is 0 Å². The number of carboxylic acid groups (broad SMARTS) is 1. The van der Waals surface area contributed by atoms with E-state index < -0.39 is 54.5 Å². The van der Waals surface area contributed by atoms with E-state index in [1.807, 2.05) is 0 Å². The van der Waals surface area contributed by atoms with Crippen LogP contribution in [-0.2, 0) is 19.1 Å². The lowest BCUT2D eigenvalue weighted by Crippen LogP contribution is -2.67. The van der Waals surface area contributed by atoms with Crippen molar-refractivity contribution >= 4 is 11.9 Å². The molecule has 23 heavy (non-hydrogen) atoms. The van der Waals surface area contributed by atoms with Crippen molar-refractivity contribution in [2.75, 3.05) is 20.7 Å². The maximum atomic E-state index is 11.4. The van der Waals surface area contributed by atoms with Crippen molar-refractivity contribution in [3.8, 4) is 0 Å². The zero-order chi connectivity index (χ0) is 17.8. The lowest BCUT2D eigenvalue weighted by Gasteiger charge is -2.46. The number of rotatable bonds is 7. The van der Waals surface area contributed by atoms with Crippen molar-refractivity contribution in [1.82, 2.24) is 10.6 Å². The molecule has 1 fully saturated rings. The van der Waals surface area contributed by atoms with Crippen LogP contribution in [0.1, 0.15) is 13.3 Å². The molecule has 1 heterocycles. The quantitative estimate of drug-likeness (QED) is 0.285. The van der Waals surface area contributed by atoms with Gasteiger partial charge in [-0.25, -0.2) is 4.79 Å². The van der Waals surface area contributed by atoms with Gasteiger partial charge in [0, 0.05) is 27.0 Å². The largest absolute Gasteiger partial charge is 0.477 e. The minimum Gasteiger partial charge on any atom is -0.477 e. The van der Waals surface area contributed by atoms with Gasteiger partial charge >= 0.3 is 5.97 Å². The fourth-order valence-electron chi connectivity index (χ4n) is 2.56. The number of aliphatic hydroxyl groups excluding tert-OH is 3. The number of carbonyl (C=O) groups is 2. The Morgan fingerprint density at radius 2 is 2.04 bits per heavy atom. The minimum absolute atomic E-state index is 0.00301. The summed E-state index contributed by atoms with van der Waals surface area (Å²) in [5.41, 5.74) is 0. The molecule has 6 N–H and O–H groups in total. The van der Waals surface area contributed by atoms with Crippen LogP contribution < -0.4 is 10.6 Å². The molecule has 10 nitrogen and oxygen atoms in total. The summed E-state index contributed by atoms with van der Waals surface area (Å²) in [4.78, 5) is 22.7. The van der Waals surface area contributed by atoms with Crippen LogP contribution >= 0.6 is 0 Å². The average Bonchev–Trinajstić information content (AvgIpc) is 2.48. The third-order valence-corrected chi connectivity index (χ3v) is 3.74. The second-order valence-corrected chi connectivity index (χ2v) is 5.46. The van der Waals surface area contributed by atoms with E-state index in [0.717, 1.165) is 7.11 Å². The second-order valence-electron chi connectivity index (χ2n) is 5.46. The molecule has 0 bridgehead atoms. The van der Waals surface area contributed by atoms with Crippen LogP contribution in [0.15, 0.2) is 0 Å². The van der Waals surface area contributed by atoms with Crippen molar-refractivity contribution in [2.24, 2.45) is 0 Å². The second kappa shape index (κ2) is 7.99. The highest BCUT2D eigenvalue weighted by Crippen LogP contribution is 2.32. The zero-order valence-corrected chi connectivity index (χ0v) is 13.2. The standard InChI is InChI=1S/C13H24N2O8/c1-6(16)15-9-7(17)4-13(22-3,12(20)21)23-11(9)10(19)8(18)5-14-2/h7-11,14,17-19H,4-5H2,1-3H3,(H,15,16)(H,20,21)/t7-,8-,9-,10?,11?,13-/m1/s1. The van der Waals surface area contributed by atoms with E-state index in [-0.39, 0.29) is 6.54 Å². The number of hydrogen-bond acceptors (Lipinski definition) is 8. The van der Waals surface area contributed by atoms with Gasteiger partial charge in [0.25, 0.3) is 5.79 Å². The van der Waals surface area contributed by atoms with Gasteiger partial charge in [0.1, 0.15) is 12.2 Å². The molecule has 1 rings (SSSR count). The van der Waals surface area contributed by atoms with E-state index in [4.69, 9.17) is 9.47 Å². The van der Waals surface area contributed by atoms with E-state index in [1.165, 1.54) is 6.92 Å². The summed E-state index contributed by atoms with van der Waals surface area (Å²) in [7, 11) is 2.64. The molecule has 10 heteroatoms. The molecular formula is C13H24N2O8. The maximum Gasteiger partial charge on any atom is 0.364 e. The molecule has 1 aliphatic rings. The van der Waals surface area contributed by atoms with Gasteiger partial charge in [0.05, 0.1) is 18.2 Å². The monoisotopic (exact) mass is 336 g/mol. The molecule has 0 aromatic rings. The van der Waals surface area contributed by atoms with E-state index in [0.29, 0.717) is 0 Å². The predicted molar refractivity (Wildman–Crippen MR) is 76.4 cm³/mol. The van der Waals surface area contributed by atoms with Crippen LogP contribution in [0.4, 0.5) is 0 Å². The Morgan fingerprint density at radius 1 is 1.43 bits per heavy atom. The minimum atomic E-state index is -2.18. The number of methoxy groups -OCH3 is 1. The Bertz CT molecular complexity index is 434. The van der Waals surface area contributed by atoms with Gasteiger partial charge in [-0.1, -0.05) is 0 Å². The van der Waals surface area contributed by atoms with Crippen LogP contribution in [0.25, 0.3) is 0 Å². The van der Waals surface area contributed by atoms with Crippen LogP contribution in [0.5, 0.6) is 0 Å². The number of likely N-dealkylation sites (N-methyl/N-ethyl adjacent to an activating group) is 1. The molecule has 0 aromatic carbocycles. The summed E-state index contributed by atoms with van der Waals surface area (Å²) in [6, 6.07) is -1.10. The average molecular weight is 336 g/mol. The number of aliphatic carboxylic acids is 1. The first kappa shape index (κ1) is 19.7. The fraction of sp³-hybridized carbons (Fsp3) is 0.846. The third-order valence-electron chi connectivity index (χ3n) is 3.74. The molecule has 1 amide bonds. The lowest BCUT2D eigenvalue weighted by molar-refractivity contribution is -0.303. The van der Waals surface area contributed by atoms with Crippen LogP contribution in [0, 0.1) is 0 Å². The first-order chi connectivity index (χ1) is 10.7. The molecule has 0 saturated carbocycles. The van der Waals surface area contributed by atoms with Gasteiger partial charge in [0.15, 0.2) is 0 Å². The van der Waals surface area contributed by atoms with E-state index in [2.05, 4.69) is 10.6 Å². The van der Waals surface area contributed by atoms with Crippen LogP contribution in [0.2, 0.25) is 0 Å². The molecule has 1 saturated heterocycles. The number of carbonyl (C=O) groups excluding carboxylic acids is 1. The Morgan fingerprint density at radius 3 is 2.48 bits per heavy atom. The van der Waals surface area contributed by atoms with Gasteiger partial charge in [0.2, 0.25) is 5.91 Å². The summed E-state index contributed by atoms with van der Waals surface area (Å²) < 4.78 is 10.2. The molecule has 1 aliphatic heterocycles. The molecule has 0 aliphatic carbocycles. The lowest BCUT2D eigenvalue weighted by atomic mass is 9.88.